The molecule has 0 fully saturated rings. The second kappa shape index (κ2) is 11.7. The van der Waals surface area contributed by atoms with Gasteiger partial charge in [-0.2, -0.15) is 0 Å². The van der Waals surface area contributed by atoms with Gasteiger partial charge >= 0.3 is 0 Å². The van der Waals surface area contributed by atoms with Crippen LogP contribution in [0.2, 0.25) is 0 Å². The summed E-state index contributed by atoms with van der Waals surface area (Å²) < 4.78 is 13.9. The first-order valence-corrected chi connectivity index (χ1v) is 17.0. The van der Waals surface area contributed by atoms with Gasteiger partial charge in [0, 0.05) is 22.1 Å². The molecule has 0 bridgehead atoms. The fourth-order valence-corrected chi connectivity index (χ4v) is 8.37. The topological polar surface area (TPSA) is 54.5 Å². The predicted octanol–water partition coefficient (Wildman–Crippen LogP) is 11.2. The minimum absolute atomic E-state index is 0.0421. The summed E-state index contributed by atoms with van der Waals surface area (Å²) in [6, 6.07) is 31.8. The summed E-state index contributed by atoms with van der Waals surface area (Å²) in [7, 11) is 1.98. The zero-order chi connectivity index (χ0) is 32.2. The van der Waals surface area contributed by atoms with Crippen molar-refractivity contribution in [3.63, 3.8) is 0 Å². The summed E-state index contributed by atoms with van der Waals surface area (Å²) in [6.45, 7) is 13.8. The summed E-state index contributed by atoms with van der Waals surface area (Å²) in [6.07, 6.45) is 0.972. The van der Waals surface area contributed by atoms with Gasteiger partial charge in [0.05, 0.1) is 22.4 Å². The van der Waals surface area contributed by atoms with E-state index in [2.05, 4.69) is 142 Å². The van der Waals surface area contributed by atoms with Gasteiger partial charge in [0.15, 0.2) is 11.5 Å². The second-order valence-electron chi connectivity index (χ2n) is 14.4. The molecule has 6 heteroatoms. The van der Waals surface area contributed by atoms with Crippen molar-refractivity contribution in [1.29, 1.82) is 0 Å². The number of benzene rings is 5. The Bertz CT molecular complexity index is 1930. The zero-order valence-corrected chi connectivity index (χ0v) is 28.6. The lowest BCUT2D eigenvalue weighted by atomic mass is 9.72. The number of rotatable bonds is 7. The first-order valence-electron chi connectivity index (χ1n) is 16.2. The lowest BCUT2D eigenvalue weighted by molar-refractivity contribution is 0.284. The van der Waals surface area contributed by atoms with Gasteiger partial charge in [-0.25, -0.2) is 0 Å². The smallest absolute Gasteiger partial charge is 0.186 e. The van der Waals surface area contributed by atoms with E-state index in [9.17, 15) is 0 Å². The molecule has 0 saturated heterocycles. The van der Waals surface area contributed by atoms with Crippen LogP contribution in [0.5, 0.6) is 23.0 Å². The van der Waals surface area contributed by atoms with E-state index in [1.165, 1.54) is 16.5 Å². The van der Waals surface area contributed by atoms with E-state index >= 15 is 0 Å². The summed E-state index contributed by atoms with van der Waals surface area (Å²) >= 11 is 1.73. The van der Waals surface area contributed by atoms with Crippen molar-refractivity contribution in [2.75, 3.05) is 12.4 Å². The van der Waals surface area contributed by atoms with Crippen LogP contribution in [0.25, 0.3) is 10.8 Å². The third-order valence-electron chi connectivity index (χ3n) is 9.00. The molecule has 7 rings (SSSR count). The highest BCUT2D eigenvalue weighted by Crippen LogP contribution is 2.60. The maximum Gasteiger partial charge on any atom is 0.186 e. The van der Waals surface area contributed by atoms with Crippen LogP contribution in [0.15, 0.2) is 101 Å². The molecule has 0 radical (unpaired) electrons. The number of nitrogens with one attached hydrogen (secondary N) is 3. The van der Waals surface area contributed by atoms with Crippen molar-refractivity contribution in [3.8, 4) is 23.0 Å². The highest BCUT2D eigenvalue weighted by Gasteiger charge is 2.40. The molecule has 0 aliphatic carbocycles. The van der Waals surface area contributed by atoms with Crippen LogP contribution >= 0.6 is 11.8 Å². The summed E-state index contributed by atoms with van der Waals surface area (Å²) in [5.74, 6) is 2.99. The molecule has 2 heterocycles. The maximum atomic E-state index is 6.97. The van der Waals surface area contributed by atoms with Crippen LogP contribution in [0.3, 0.4) is 0 Å². The quantitative estimate of drug-likeness (QED) is 0.163. The Kier molecular flexibility index (Phi) is 7.79. The third-order valence-corrected chi connectivity index (χ3v) is 10.2. The molecule has 2 aliphatic heterocycles. The third kappa shape index (κ3) is 5.74. The van der Waals surface area contributed by atoms with Crippen molar-refractivity contribution in [2.24, 2.45) is 5.41 Å². The van der Waals surface area contributed by atoms with E-state index in [-0.39, 0.29) is 23.0 Å². The summed E-state index contributed by atoms with van der Waals surface area (Å²) in [5.41, 5.74) is 6.00. The van der Waals surface area contributed by atoms with Crippen molar-refractivity contribution < 1.29 is 9.47 Å². The van der Waals surface area contributed by atoms with Crippen molar-refractivity contribution in [3.05, 3.63) is 108 Å². The number of anilines is 2. The first-order chi connectivity index (χ1) is 22.0. The fraction of sp³-hybridized carbons (Fsp3) is 0.300. The minimum Gasteiger partial charge on any atom is -0.453 e. The standard InChI is InChI=1S/C40H43N3O2S/c1-24-32-33(38(41-7)42-24)35(44-28-20-17-27(18-21-28)40(5,6)23-39(2,3)4)36(37-34(32)43-30-14-10-11-15-31(30)46-37)45-29-19-16-25-12-8-9-13-26(25)22-29/h8-22,24,38,41-43H,23H2,1-7H3. The maximum absolute atomic E-state index is 6.97. The molecule has 0 saturated carbocycles. The molecule has 3 N–H and O–H groups in total. The highest BCUT2D eigenvalue weighted by molar-refractivity contribution is 7.99. The van der Waals surface area contributed by atoms with Gasteiger partial charge < -0.3 is 20.1 Å². The largest absolute Gasteiger partial charge is 0.453 e. The Morgan fingerprint density at radius 2 is 1.43 bits per heavy atom. The molecule has 2 atom stereocenters. The number of hydrogen-bond acceptors (Lipinski definition) is 6. The van der Waals surface area contributed by atoms with Crippen LogP contribution in [-0.2, 0) is 5.41 Å². The molecule has 0 amide bonds. The molecule has 5 aromatic rings. The van der Waals surface area contributed by atoms with Crippen molar-refractivity contribution in [1.82, 2.24) is 10.6 Å². The Morgan fingerprint density at radius 3 is 2.17 bits per heavy atom. The monoisotopic (exact) mass is 629 g/mol. The molecular formula is C40H43N3O2S. The predicted molar refractivity (Wildman–Crippen MR) is 191 cm³/mol. The number of ether oxygens (including phenoxy) is 2. The van der Waals surface area contributed by atoms with Gasteiger partial charge in [0.2, 0.25) is 0 Å². The van der Waals surface area contributed by atoms with Gasteiger partial charge in [-0.3, -0.25) is 5.32 Å². The van der Waals surface area contributed by atoms with Crippen LogP contribution in [0.4, 0.5) is 11.4 Å². The van der Waals surface area contributed by atoms with E-state index in [0.29, 0.717) is 5.75 Å². The molecule has 2 aliphatic rings. The molecule has 0 spiro atoms. The van der Waals surface area contributed by atoms with Gasteiger partial charge in [-0.15, -0.1) is 0 Å². The molecule has 46 heavy (non-hydrogen) atoms. The average molecular weight is 630 g/mol. The molecule has 2 unspecified atom stereocenters. The number of hydrogen-bond donors (Lipinski definition) is 3. The van der Waals surface area contributed by atoms with E-state index < -0.39 is 0 Å². The van der Waals surface area contributed by atoms with Crippen LogP contribution in [0.1, 0.15) is 76.9 Å². The van der Waals surface area contributed by atoms with Gasteiger partial charge in [0.1, 0.15) is 11.5 Å². The van der Waals surface area contributed by atoms with Gasteiger partial charge in [0.25, 0.3) is 0 Å². The lowest BCUT2D eigenvalue weighted by Crippen LogP contribution is -2.27. The molecule has 236 valence electrons. The van der Waals surface area contributed by atoms with Gasteiger partial charge in [-0.1, -0.05) is 101 Å². The van der Waals surface area contributed by atoms with E-state index in [4.69, 9.17) is 9.47 Å². The van der Waals surface area contributed by atoms with Crippen LogP contribution in [-0.4, -0.2) is 7.05 Å². The Morgan fingerprint density at radius 1 is 0.761 bits per heavy atom. The number of fused-ring (bicyclic) bond motifs is 5. The van der Waals surface area contributed by atoms with E-state index in [1.54, 1.807) is 11.8 Å². The average Bonchev–Trinajstić information content (AvgIpc) is 3.37. The molecule has 5 aromatic carbocycles. The number of para-hydroxylation sites is 1. The Balaban J connectivity index is 1.38. The van der Waals surface area contributed by atoms with Gasteiger partial charge in [-0.05, 0) is 84.0 Å². The van der Waals surface area contributed by atoms with Crippen molar-refractivity contribution in [2.45, 2.75) is 75.4 Å². The highest BCUT2D eigenvalue weighted by atomic mass is 32.2. The molecular weight excluding hydrogens is 587 g/mol. The van der Waals surface area contributed by atoms with Crippen LogP contribution in [0, 0.1) is 5.41 Å². The van der Waals surface area contributed by atoms with E-state index in [0.717, 1.165) is 55.8 Å². The summed E-state index contributed by atoms with van der Waals surface area (Å²) in [5, 5.41) is 13.3. The first kappa shape index (κ1) is 30.7. The fourth-order valence-electron chi connectivity index (χ4n) is 7.29. The zero-order valence-electron chi connectivity index (χ0n) is 27.7. The molecule has 5 nitrogen and oxygen atoms in total. The second-order valence-corrected chi connectivity index (χ2v) is 15.4. The normalized spacial score (nSPS) is 17.2. The summed E-state index contributed by atoms with van der Waals surface area (Å²) in [4.78, 5) is 2.17. The Hall–Kier alpha value is -3.97. The minimum atomic E-state index is -0.113. The van der Waals surface area contributed by atoms with E-state index in [1.807, 2.05) is 13.1 Å². The SMILES string of the molecule is CNC1NC(C)c2c3c(c(Oc4ccc5ccccc5c4)c(Oc4ccc(C(C)(C)CC(C)(C)C)cc4)c21)Sc1ccccc1N3. The van der Waals surface area contributed by atoms with Crippen LogP contribution < -0.4 is 25.4 Å². The lowest BCUT2D eigenvalue weighted by Gasteiger charge is -2.33. The van der Waals surface area contributed by atoms with Crippen molar-refractivity contribution >= 4 is 33.9 Å². The molecule has 0 aromatic heterocycles. The Labute approximate surface area is 277 Å².